The zero-order valence-electron chi connectivity index (χ0n) is 14.9. The molecule has 1 heterocycles. The Hall–Kier alpha value is -2.04. The second-order valence-corrected chi connectivity index (χ2v) is 6.56. The Morgan fingerprint density at radius 1 is 1.04 bits per heavy atom. The largest absolute Gasteiger partial charge is 0.494 e. The van der Waals surface area contributed by atoms with E-state index in [1.165, 1.54) is 16.8 Å². The van der Waals surface area contributed by atoms with Crippen molar-refractivity contribution in [1.29, 1.82) is 0 Å². The molecule has 2 aromatic rings. The third-order valence-corrected chi connectivity index (χ3v) is 4.71. The number of anilines is 1. The van der Waals surface area contributed by atoms with Gasteiger partial charge in [-0.05, 0) is 37.5 Å². The lowest BCUT2D eigenvalue weighted by atomic mass is 10.1. The number of nitrogens with one attached hydrogen (secondary N) is 1. The van der Waals surface area contributed by atoms with Crippen LogP contribution in [0.5, 0.6) is 5.75 Å². The van der Waals surface area contributed by atoms with E-state index < -0.39 is 0 Å². The van der Waals surface area contributed by atoms with Gasteiger partial charge in [-0.15, -0.1) is 0 Å². The van der Waals surface area contributed by atoms with Crippen LogP contribution in [0, 0.1) is 0 Å². The molecule has 0 saturated carbocycles. The molecule has 0 spiro atoms. The number of rotatable bonds is 7. The van der Waals surface area contributed by atoms with E-state index in [-0.39, 0.29) is 6.10 Å². The molecule has 134 valence electrons. The molecule has 2 aromatic carbocycles. The number of hydrogen-bond donors (Lipinski definition) is 2. The van der Waals surface area contributed by atoms with Crippen molar-refractivity contribution in [3.05, 3.63) is 59.7 Å². The summed E-state index contributed by atoms with van der Waals surface area (Å²) in [6, 6.07) is 16.7. The maximum Gasteiger partial charge on any atom is 0.124 e. The van der Waals surface area contributed by atoms with Gasteiger partial charge < -0.3 is 15.2 Å². The summed E-state index contributed by atoms with van der Waals surface area (Å²) in [5.41, 5.74) is 3.63. The monoisotopic (exact) mass is 340 g/mol. The number of aliphatic hydroxyl groups excluding tert-OH is 1. The predicted octanol–water partition coefficient (Wildman–Crippen LogP) is 3.65. The van der Waals surface area contributed by atoms with Crippen LogP contribution in [0.1, 0.15) is 30.9 Å². The summed E-state index contributed by atoms with van der Waals surface area (Å²) in [6.45, 7) is 6.27. The normalized spacial score (nSPS) is 15.9. The fourth-order valence-corrected chi connectivity index (χ4v) is 3.29. The zero-order valence-corrected chi connectivity index (χ0v) is 14.9. The van der Waals surface area contributed by atoms with Crippen molar-refractivity contribution in [3.63, 3.8) is 0 Å². The van der Waals surface area contributed by atoms with Gasteiger partial charge in [-0.1, -0.05) is 36.4 Å². The van der Waals surface area contributed by atoms with E-state index >= 15 is 0 Å². The first kappa shape index (κ1) is 17.8. The van der Waals surface area contributed by atoms with Gasteiger partial charge in [-0.3, -0.25) is 4.90 Å². The van der Waals surface area contributed by atoms with Crippen molar-refractivity contribution in [2.24, 2.45) is 0 Å². The highest BCUT2D eigenvalue weighted by molar-refractivity contribution is 5.52. The molecule has 1 fully saturated rings. The lowest BCUT2D eigenvalue weighted by Crippen LogP contribution is -2.35. The minimum atomic E-state index is -0.125. The highest BCUT2D eigenvalue weighted by Crippen LogP contribution is 2.23. The van der Waals surface area contributed by atoms with E-state index in [2.05, 4.69) is 40.5 Å². The van der Waals surface area contributed by atoms with Gasteiger partial charge in [0.05, 0.1) is 12.7 Å². The molecule has 1 saturated heterocycles. The lowest BCUT2D eigenvalue weighted by Gasteiger charge is -2.30. The Morgan fingerprint density at radius 3 is 2.48 bits per heavy atom. The Labute approximate surface area is 150 Å². The molecule has 1 aliphatic rings. The molecule has 0 aromatic heterocycles. The number of aliphatic hydroxyl groups is 1. The maximum atomic E-state index is 9.68. The van der Waals surface area contributed by atoms with E-state index in [1.807, 2.05) is 25.1 Å². The maximum absolute atomic E-state index is 9.68. The number of hydrogen-bond acceptors (Lipinski definition) is 4. The number of nitrogens with zero attached hydrogens (tertiary/aromatic N) is 1. The topological polar surface area (TPSA) is 44.7 Å². The van der Waals surface area contributed by atoms with Gasteiger partial charge in [0, 0.05) is 37.4 Å². The molecule has 25 heavy (non-hydrogen) atoms. The SMILES string of the molecule is CCOc1ccccc1CNc1ccccc1CN1CCC(O)CC1. The predicted molar refractivity (Wildman–Crippen MR) is 102 cm³/mol. The Balaban J connectivity index is 1.65. The third kappa shape index (κ3) is 4.97. The van der Waals surface area contributed by atoms with E-state index in [1.54, 1.807) is 0 Å². The Morgan fingerprint density at radius 2 is 1.72 bits per heavy atom. The minimum absolute atomic E-state index is 0.125. The first-order valence-electron chi connectivity index (χ1n) is 9.19. The van der Waals surface area contributed by atoms with Crippen LogP contribution in [0.3, 0.4) is 0 Å². The molecule has 0 unspecified atom stereocenters. The summed E-state index contributed by atoms with van der Waals surface area (Å²) in [5.74, 6) is 0.944. The summed E-state index contributed by atoms with van der Waals surface area (Å²) in [5, 5.41) is 13.2. The van der Waals surface area contributed by atoms with Gasteiger partial charge in [0.1, 0.15) is 5.75 Å². The summed E-state index contributed by atoms with van der Waals surface area (Å²) in [4.78, 5) is 2.42. The molecule has 4 nitrogen and oxygen atoms in total. The minimum Gasteiger partial charge on any atom is -0.494 e. The van der Waals surface area contributed by atoms with Crippen LogP contribution in [0.15, 0.2) is 48.5 Å². The molecule has 0 bridgehead atoms. The lowest BCUT2D eigenvalue weighted by molar-refractivity contribution is 0.0793. The number of likely N-dealkylation sites (tertiary alicyclic amines) is 1. The van der Waals surface area contributed by atoms with Crippen LogP contribution in [0.25, 0.3) is 0 Å². The summed E-state index contributed by atoms with van der Waals surface area (Å²) >= 11 is 0. The van der Waals surface area contributed by atoms with Gasteiger partial charge in [0.15, 0.2) is 0 Å². The number of benzene rings is 2. The van der Waals surface area contributed by atoms with E-state index in [0.29, 0.717) is 6.61 Å². The highest BCUT2D eigenvalue weighted by Gasteiger charge is 2.17. The highest BCUT2D eigenvalue weighted by atomic mass is 16.5. The molecule has 0 radical (unpaired) electrons. The molecule has 1 aliphatic heterocycles. The van der Waals surface area contributed by atoms with Crippen LogP contribution in [0.4, 0.5) is 5.69 Å². The standard InChI is InChI=1S/C21H28N2O2/c1-2-25-21-10-6-4-7-17(21)15-22-20-9-5-3-8-18(20)16-23-13-11-19(24)12-14-23/h3-10,19,22,24H,2,11-16H2,1H3. The Bertz CT molecular complexity index is 666. The summed E-state index contributed by atoms with van der Waals surface area (Å²) < 4.78 is 5.72. The molecule has 0 atom stereocenters. The van der Waals surface area contributed by atoms with Crippen molar-refractivity contribution in [1.82, 2.24) is 4.90 Å². The smallest absolute Gasteiger partial charge is 0.124 e. The van der Waals surface area contributed by atoms with Crippen molar-refractivity contribution in [2.75, 3.05) is 25.0 Å². The van der Waals surface area contributed by atoms with Gasteiger partial charge in [0.25, 0.3) is 0 Å². The molecule has 3 rings (SSSR count). The second kappa shape index (κ2) is 8.88. The first-order valence-corrected chi connectivity index (χ1v) is 9.19. The third-order valence-electron chi connectivity index (χ3n) is 4.71. The fraction of sp³-hybridized carbons (Fsp3) is 0.429. The van der Waals surface area contributed by atoms with Gasteiger partial charge in [-0.2, -0.15) is 0 Å². The van der Waals surface area contributed by atoms with Gasteiger partial charge in [-0.25, -0.2) is 0 Å². The number of ether oxygens (including phenoxy) is 1. The van der Waals surface area contributed by atoms with Gasteiger partial charge in [0.2, 0.25) is 0 Å². The Kier molecular flexibility index (Phi) is 6.31. The van der Waals surface area contributed by atoms with E-state index in [9.17, 15) is 5.11 Å². The van der Waals surface area contributed by atoms with Crippen LogP contribution in [0.2, 0.25) is 0 Å². The molecular formula is C21H28N2O2. The van der Waals surface area contributed by atoms with E-state index in [4.69, 9.17) is 4.74 Å². The average Bonchev–Trinajstić information content (AvgIpc) is 2.64. The number of para-hydroxylation sites is 2. The average molecular weight is 340 g/mol. The molecule has 4 heteroatoms. The summed E-state index contributed by atoms with van der Waals surface area (Å²) in [7, 11) is 0. The van der Waals surface area contributed by atoms with Crippen molar-refractivity contribution < 1.29 is 9.84 Å². The second-order valence-electron chi connectivity index (χ2n) is 6.56. The molecule has 0 amide bonds. The van der Waals surface area contributed by atoms with Crippen molar-refractivity contribution in [3.8, 4) is 5.75 Å². The van der Waals surface area contributed by atoms with E-state index in [0.717, 1.165) is 44.8 Å². The fourth-order valence-electron chi connectivity index (χ4n) is 3.29. The van der Waals surface area contributed by atoms with Crippen LogP contribution in [-0.2, 0) is 13.1 Å². The summed E-state index contributed by atoms with van der Waals surface area (Å²) in [6.07, 6.45) is 1.62. The van der Waals surface area contributed by atoms with Crippen molar-refractivity contribution in [2.45, 2.75) is 39.0 Å². The van der Waals surface area contributed by atoms with Crippen molar-refractivity contribution >= 4 is 5.69 Å². The zero-order chi connectivity index (χ0) is 17.5. The van der Waals surface area contributed by atoms with Crippen LogP contribution in [-0.4, -0.2) is 35.8 Å². The molecular weight excluding hydrogens is 312 g/mol. The van der Waals surface area contributed by atoms with Crippen LogP contribution >= 0.6 is 0 Å². The van der Waals surface area contributed by atoms with Gasteiger partial charge >= 0.3 is 0 Å². The molecule has 0 aliphatic carbocycles. The van der Waals surface area contributed by atoms with Crippen LogP contribution < -0.4 is 10.1 Å². The quantitative estimate of drug-likeness (QED) is 0.807. The molecule has 2 N–H and O–H groups in total. The number of piperidine rings is 1. The first-order chi connectivity index (χ1) is 12.3.